The Labute approximate surface area is 105 Å². The van der Waals surface area contributed by atoms with Crippen molar-refractivity contribution in [3.8, 4) is 5.75 Å². The molecule has 0 N–H and O–H groups in total. The fraction of sp³-hybridized carbons (Fsp3) is 0.200. The van der Waals surface area contributed by atoms with Crippen LogP contribution in [0.5, 0.6) is 5.75 Å². The summed E-state index contributed by atoms with van der Waals surface area (Å²) in [6, 6.07) is 6.22. The fourth-order valence-electron chi connectivity index (χ4n) is 1.38. The number of hydrogen-bond donors (Lipinski definition) is 0. The van der Waals surface area contributed by atoms with Crippen LogP contribution in [-0.2, 0) is 5.88 Å². The van der Waals surface area contributed by atoms with Crippen LogP contribution in [0, 0.1) is 2.88 Å². The smallest absolute Gasteiger partial charge is 0.120 e. The molecular weight excluding hydrogens is 331 g/mol. The molecule has 0 atom stereocenters. The predicted molar refractivity (Wildman–Crippen MR) is 70.7 cm³/mol. The molecule has 74 valence electrons. The normalized spacial score (nSPS) is 10.8. The van der Waals surface area contributed by atoms with Gasteiger partial charge in [0.05, 0.1) is 9.99 Å². The molecule has 0 saturated carbocycles. The molecular formula is C10H8ClIOS. The molecule has 0 unspecified atom stereocenters. The van der Waals surface area contributed by atoms with Gasteiger partial charge in [-0.05, 0) is 51.7 Å². The molecule has 0 aliphatic rings. The van der Waals surface area contributed by atoms with Crippen LogP contribution in [0.4, 0.5) is 0 Å². The topological polar surface area (TPSA) is 9.23 Å². The summed E-state index contributed by atoms with van der Waals surface area (Å²) in [6.45, 7) is 0. The number of rotatable bonds is 2. The van der Waals surface area contributed by atoms with Crippen LogP contribution in [0.2, 0.25) is 0 Å². The molecule has 0 bridgehead atoms. The van der Waals surface area contributed by atoms with Crippen LogP contribution in [0.15, 0.2) is 18.2 Å². The van der Waals surface area contributed by atoms with Gasteiger partial charge in [-0.15, -0.1) is 22.9 Å². The second-order valence-corrected chi connectivity index (χ2v) is 6.13. The first-order chi connectivity index (χ1) is 6.74. The lowest BCUT2D eigenvalue weighted by Crippen LogP contribution is -1.85. The van der Waals surface area contributed by atoms with Gasteiger partial charge < -0.3 is 4.74 Å². The third kappa shape index (κ3) is 1.85. The predicted octanol–water partition coefficient (Wildman–Crippen LogP) is 4.25. The maximum absolute atomic E-state index is 5.89. The van der Waals surface area contributed by atoms with E-state index in [1.807, 2.05) is 6.07 Å². The van der Waals surface area contributed by atoms with Gasteiger partial charge in [0.1, 0.15) is 5.75 Å². The molecule has 1 nitrogen and oxygen atoms in total. The Hall–Kier alpha value is -0.000000000000000111. The van der Waals surface area contributed by atoms with Gasteiger partial charge in [-0.1, -0.05) is 0 Å². The van der Waals surface area contributed by atoms with E-state index in [-0.39, 0.29) is 0 Å². The summed E-state index contributed by atoms with van der Waals surface area (Å²) in [5.41, 5.74) is 1.14. The number of hydrogen-bond acceptors (Lipinski definition) is 2. The average Bonchev–Trinajstić information content (AvgIpc) is 2.56. The van der Waals surface area contributed by atoms with Crippen molar-refractivity contribution < 1.29 is 4.74 Å². The van der Waals surface area contributed by atoms with Gasteiger partial charge in [0.15, 0.2) is 0 Å². The highest BCUT2D eigenvalue weighted by molar-refractivity contribution is 14.1. The first-order valence-electron chi connectivity index (χ1n) is 4.06. The number of methoxy groups -OCH3 is 1. The van der Waals surface area contributed by atoms with Gasteiger partial charge in [-0.3, -0.25) is 0 Å². The Balaban J connectivity index is 2.72. The maximum atomic E-state index is 5.89. The van der Waals surface area contributed by atoms with E-state index in [4.69, 9.17) is 16.3 Å². The van der Waals surface area contributed by atoms with Crippen LogP contribution < -0.4 is 4.74 Å². The van der Waals surface area contributed by atoms with Crippen molar-refractivity contribution >= 4 is 55.6 Å². The van der Waals surface area contributed by atoms with Gasteiger partial charge in [0, 0.05) is 10.6 Å². The standard InChI is InChI=1S/C10H8ClIOS/c1-13-7-2-6(5-11)8-4-10(12)14-9(8)3-7/h2-4H,5H2,1H3. The fourth-order valence-corrected chi connectivity index (χ4v) is 3.49. The van der Waals surface area contributed by atoms with Gasteiger partial charge in [-0.25, -0.2) is 0 Å². The Morgan fingerprint density at radius 3 is 2.86 bits per heavy atom. The van der Waals surface area contributed by atoms with E-state index in [0.29, 0.717) is 5.88 Å². The maximum Gasteiger partial charge on any atom is 0.120 e. The molecule has 2 aromatic rings. The van der Waals surface area contributed by atoms with Gasteiger partial charge >= 0.3 is 0 Å². The van der Waals surface area contributed by atoms with E-state index in [1.165, 1.54) is 13.0 Å². The molecule has 0 saturated heterocycles. The molecule has 0 spiro atoms. The van der Waals surface area contributed by atoms with Gasteiger partial charge in [0.2, 0.25) is 0 Å². The lowest BCUT2D eigenvalue weighted by molar-refractivity contribution is 0.415. The van der Waals surface area contributed by atoms with Crippen molar-refractivity contribution in [1.82, 2.24) is 0 Å². The SMILES string of the molecule is COc1cc(CCl)c2cc(I)sc2c1. The first-order valence-corrected chi connectivity index (χ1v) is 6.49. The van der Waals surface area contributed by atoms with Crippen LogP contribution in [0.25, 0.3) is 10.1 Å². The second-order valence-electron chi connectivity index (χ2n) is 2.88. The summed E-state index contributed by atoms with van der Waals surface area (Å²) in [7, 11) is 1.68. The summed E-state index contributed by atoms with van der Waals surface area (Å²) in [5.74, 6) is 1.41. The summed E-state index contributed by atoms with van der Waals surface area (Å²) in [6.07, 6.45) is 0. The number of alkyl halides is 1. The minimum Gasteiger partial charge on any atom is -0.497 e. The Morgan fingerprint density at radius 2 is 2.21 bits per heavy atom. The highest BCUT2D eigenvalue weighted by atomic mass is 127. The van der Waals surface area contributed by atoms with E-state index >= 15 is 0 Å². The van der Waals surface area contributed by atoms with E-state index in [2.05, 4.69) is 34.7 Å². The van der Waals surface area contributed by atoms with Crippen LogP contribution in [-0.4, -0.2) is 7.11 Å². The lowest BCUT2D eigenvalue weighted by atomic mass is 10.1. The summed E-state index contributed by atoms with van der Waals surface area (Å²) < 4.78 is 7.74. The summed E-state index contributed by atoms with van der Waals surface area (Å²) >= 11 is 9.97. The van der Waals surface area contributed by atoms with E-state index in [9.17, 15) is 0 Å². The Bertz CT molecular complexity index is 466. The molecule has 1 heterocycles. The number of thiophene rings is 1. The van der Waals surface area contributed by atoms with Crippen molar-refractivity contribution in [3.05, 3.63) is 26.6 Å². The number of ether oxygens (including phenoxy) is 1. The first kappa shape index (κ1) is 10.5. The molecule has 0 amide bonds. The monoisotopic (exact) mass is 338 g/mol. The second kappa shape index (κ2) is 4.24. The van der Waals surface area contributed by atoms with Crippen molar-refractivity contribution in [2.75, 3.05) is 7.11 Å². The number of halogens is 2. The molecule has 0 radical (unpaired) electrons. The molecule has 14 heavy (non-hydrogen) atoms. The van der Waals surface area contributed by atoms with Crippen LogP contribution in [0.3, 0.4) is 0 Å². The van der Waals surface area contributed by atoms with Crippen LogP contribution in [0.1, 0.15) is 5.56 Å². The molecule has 2 rings (SSSR count). The molecule has 0 fully saturated rings. The zero-order valence-electron chi connectivity index (χ0n) is 7.51. The van der Waals surface area contributed by atoms with Crippen molar-refractivity contribution in [2.24, 2.45) is 0 Å². The largest absolute Gasteiger partial charge is 0.497 e. The summed E-state index contributed by atoms with van der Waals surface area (Å²) in [5, 5.41) is 1.25. The molecule has 1 aromatic carbocycles. The average molecular weight is 339 g/mol. The van der Waals surface area contributed by atoms with Gasteiger partial charge in [0.25, 0.3) is 0 Å². The van der Waals surface area contributed by atoms with E-state index in [0.717, 1.165) is 11.3 Å². The zero-order valence-corrected chi connectivity index (χ0v) is 11.2. The minimum atomic E-state index is 0.528. The highest BCUT2D eigenvalue weighted by Gasteiger charge is 2.07. The third-order valence-corrected chi connectivity index (χ3v) is 4.18. The Kier molecular flexibility index (Phi) is 3.19. The number of benzene rings is 1. The van der Waals surface area contributed by atoms with Gasteiger partial charge in [-0.2, -0.15) is 0 Å². The number of fused-ring (bicyclic) bond motifs is 1. The summed E-state index contributed by atoms with van der Waals surface area (Å²) in [4.78, 5) is 0. The van der Waals surface area contributed by atoms with Crippen molar-refractivity contribution in [3.63, 3.8) is 0 Å². The third-order valence-electron chi connectivity index (χ3n) is 2.05. The minimum absolute atomic E-state index is 0.528. The zero-order chi connectivity index (χ0) is 10.1. The molecule has 0 aliphatic carbocycles. The van der Waals surface area contributed by atoms with E-state index in [1.54, 1.807) is 18.4 Å². The van der Waals surface area contributed by atoms with Crippen LogP contribution >= 0.6 is 45.5 Å². The van der Waals surface area contributed by atoms with Crippen molar-refractivity contribution in [2.45, 2.75) is 5.88 Å². The quantitative estimate of drug-likeness (QED) is 0.587. The highest BCUT2D eigenvalue weighted by Crippen LogP contribution is 2.33. The van der Waals surface area contributed by atoms with Crippen molar-refractivity contribution in [1.29, 1.82) is 0 Å². The van der Waals surface area contributed by atoms with E-state index < -0.39 is 0 Å². The molecule has 0 aliphatic heterocycles. The lowest BCUT2D eigenvalue weighted by Gasteiger charge is -2.03. The Morgan fingerprint density at radius 1 is 1.43 bits per heavy atom. The molecule has 4 heteroatoms. The molecule has 1 aromatic heterocycles.